The number of hydrogen-bond donors (Lipinski definition) is 1. The highest BCUT2D eigenvalue weighted by Gasteiger charge is 2.30. The lowest BCUT2D eigenvalue weighted by Crippen LogP contribution is -2.26. The smallest absolute Gasteiger partial charge is 0.341 e. The standard InChI is InChI=1S/C24H29NO3S2/c1-3-28-24(27)20-19-14-13-16-9-7-8-12-18(16)21(19)30-23(20)25-22(26)15(2)29-17-10-5-4-6-11-17/h7-9,12,15,17H,3-6,10-11,13-14H2,1-2H3,(H,25,26). The third kappa shape index (κ3) is 4.45. The number of ether oxygens (including phenoxy) is 1. The molecule has 1 atom stereocenters. The van der Waals surface area contributed by atoms with Crippen molar-refractivity contribution in [2.45, 2.75) is 69.3 Å². The molecule has 1 fully saturated rings. The fourth-order valence-corrected chi connectivity index (χ4v) is 7.08. The molecule has 4 nitrogen and oxygen atoms in total. The molecule has 6 heteroatoms. The number of aryl methyl sites for hydroxylation is 1. The molecule has 0 saturated heterocycles. The van der Waals surface area contributed by atoms with Gasteiger partial charge >= 0.3 is 5.97 Å². The number of nitrogens with one attached hydrogen (secondary N) is 1. The van der Waals surface area contributed by atoms with E-state index in [0.717, 1.165) is 23.3 Å². The van der Waals surface area contributed by atoms with Crippen LogP contribution in [0, 0.1) is 0 Å². The zero-order valence-electron chi connectivity index (χ0n) is 17.7. The highest BCUT2D eigenvalue weighted by molar-refractivity contribution is 8.01. The van der Waals surface area contributed by atoms with Crippen LogP contribution >= 0.6 is 23.1 Å². The summed E-state index contributed by atoms with van der Waals surface area (Å²) in [7, 11) is 0. The molecule has 2 aliphatic carbocycles. The lowest BCUT2D eigenvalue weighted by Gasteiger charge is -2.23. The van der Waals surface area contributed by atoms with E-state index in [4.69, 9.17) is 4.74 Å². The van der Waals surface area contributed by atoms with Crippen molar-refractivity contribution in [1.82, 2.24) is 0 Å². The number of benzene rings is 1. The van der Waals surface area contributed by atoms with E-state index in [9.17, 15) is 9.59 Å². The number of carbonyl (C=O) groups is 2. The summed E-state index contributed by atoms with van der Waals surface area (Å²) in [5.74, 6) is -0.361. The van der Waals surface area contributed by atoms with E-state index < -0.39 is 0 Å². The summed E-state index contributed by atoms with van der Waals surface area (Å²) in [5, 5.41) is 4.14. The fraction of sp³-hybridized carbons (Fsp3) is 0.500. The minimum absolute atomic E-state index is 0.0250. The number of thioether (sulfide) groups is 1. The summed E-state index contributed by atoms with van der Waals surface area (Å²) >= 11 is 3.28. The summed E-state index contributed by atoms with van der Waals surface area (Å²) < 4.78 is 5.36. The Balaban J connectivity index is 1.60. The van der Waals surface area contributed by atoms with Crippen LogP contribution in [0.3, 0.4) is 0 Å². The Labute approximate surface area is 186 Å². The minimum Gasteiger partial charge on any atom is -0.462 e. The van der Waals surface area contributed by atoms with Gasteiger partial charge in [-0.25, -0.2) is 4.79 Å². The molecule has 1 amide bonds. The van der Waals surface area contributed by atoms with E-state index in [1.54, 1.807) is 11.8 Å². The molecule has 4 rings (SSSR count). The molecule has 30 heavy (non-hydrogen) atoms. The summed E-state index contributed by atoms with van der Waals surface area (Å²) in [6.07, 6.45) is 7.91. The number of fused-ring (bicyclic) bond motifs is 3. The molecule has 160 valence electrons. The Morgan fingerprint density at radius 2 is 1.97 bits per heavy atom. The van der Waals surface area contributed by atoms with E-state index in [0.29, 0.717) is 22.4 Å². The number of esters is 1. The Bertz CT molecular complexity index is 931. The van der Waals surface area contributed by atoms with Crippen LogP contribution in [0.2, 0.25) is 0 Å². The molecule has 1 heterocycles. The Morgan fingerprint density at radius 1 is 1.20 bits per heavy atom. The Morgan fingerprint density at radius 3 is 2.73 bits per heavy atom. The van der Waals surface area contributed by atoms with Crippen LogP contribution in [0.25, 0.3) is 10.4 Å². The van der Waals surface area contributed by atoms with Crippen LogP contribution in [0.15, 0.2) is 24.3 Å². The van der Waals surface area contributed by atoms with Crippen LogP contribution in [0.5, 0.6) is 0 Å². The quantitative estimate of drug-likeness (QED) is 0.550. The number of amides is 1. The van der Waals surface area contributed by atoms with Crippen LogP contribution < -0.4 is 5.32 Å². The van der Waals surface area contributed by atoms with Crippen molar-refractivity contribution in [1.29, 1.82) is 0 Å². The van der Waals surface area contributed by atoms with Crippen molar-refractivity contribution in [3.05, 3.63) is 41.0 Å². The van der Waals surface area contributed by atoms with Gasteiger partial charge in [0.25, 0.3) is 0 Å². The molecule has 1 saturated carbocycles. The normalized spacial score (nSPS) is 17.0. The average Bonchev–Trinajstić information content (AvgIpc) is 3.13. The second-order valence-corrected chi connectivity index (χ2v) is 10.7. The van der Waals surface area contributed by atoms with Crippen molar-refractivity contribution in [3.8, 4) is 10.4 Å². The van der Waals surface area contributed by atoms with Gasteiger partial charge in [-0.1, -0.05) is 43.5 Å². The SMILES string of the molecule is CCOC(=O)c1c(NC(=O)C(C)SC2CCCCC2)sc2c1CCc1ccccc1-2. The zero-order chi connectivity index (χ0) is 21.1. The van der Waals surface area contributed by atoms with Crippen LogP contribution in [0.1, 0.15) is 67.4 Å². The third-order valence-corrected chi connectivity index (χ3v) is 8.61. The first-order chi connectivity index (χ1) is 14.6. The van der Waals surface area contributed by atoms with Crippen LogP contribution in [-0.2, 0) is 22.4 Å². The first kappa shape index (κ1) is 21.4. The molecule has 1 aromatic carbocycles. The molecule has 0 spiro atoms. The summed E-state index contributed by atoms with van der Waals surface area (Å²) in [4.78, 5) is 26.9. The molecule has 1 unspecified atom stereocenters. The monoisotopic (exact) mass is 443 g/mol. The average molecular weight is 444 g/mol. The summed E-state index contributed by atoms with van der Waals surface area (Å²) in [6.45, 7) is 4.11. The number of carbonyl (C=O) groups excluding carboxylic acids is 2. The number of anilines is 1. The molecular weight excluding hydrogens is 414 g/mol. The topological polar surface area (TPSA) is 55.4 Å². The van der Waals surface area contributed by atoms with Crippen molar-refractivity contribution in [2.75, 3.05) is 11.9 Å². The molecular formula is C24H29NO3S2. The van der Waals surface area contributed by atoms with Crippen LogP contribution in [-0.4, -0.2) is 29.0 Å². The van der Waals surface area contributed by atoms with Gasteiger partial charge in [-0.15, -0.1) is 23.1 Å². The zero-order valence-corrected chi connectivity index (χ0v) is 19.3. The second kappa shape index (κ2) is 9.56. The van der Waals surface area contributed by atoms with Gasteiger partial charge in [0.05, 0.1) is 17.4 Å². The molecule has 1 N–H and O–H groups in total. The molecule has 0 aliphatic heterocycles. The molecule has 2 aliphatic rings. The molecule has 1 aromatic heterocycles. The number of hydrogen-bond acceptors (Lipinski definition) is 5. The van der Waals surface area contributed by atoms with Crippen molar-refractivity contribution in [2.24, 2.45) is 0 Å². The largest absolute Gasteiger partial charge is 0.462 e. The van der Waals surface area contributed by atoms with E-state index in [2.05, 4.69) is 23.5 Å². The summed E-state index contributed by atoms with van der Waals surface area (Å²) in [5.41, 5.74) is 4.02. The van der Waals surface area contributed by atoms with Crippen LogP contribution in [0.4, 0.5) is 5.00 Å². The van der Waals surface area contributed by atoms with Gasteiger partial charge in [0.15, 0.2) is 0 Å². The van der Waals surface area contributed by atoms with Crippen molar-refractivity contribution in [3.63, 3.8) is 0 Å². The van der Waals surface area contributed by atoms with Gasteiger partial charge in [-0.2, -0.15) is 0 Å². The van der Waals surface area contributed by atoms with E-state index in [-0.39, 0.29) is 17.1 Å². The van der Waals surface area contributed by atoms with Gasteiger partial charge in [0.2, 0.25) is 5.91 Å². The first-order valence-electron chi connectivity index (χ1n) is 11.0. The van der Waals surface area contributed by atoms with Crippen molar-refractivity contribution >= 4 is 40.0 Å². The molecule has 0 bridgehead atoms. The maximum Gasteiger partial charge on any atom is 0.341 e. The van der Waals surface area contributed by atoms with E-state index in [1.807, 2.05) is 19.9 Å². The Kier molecular flexibility index (Phi) is 6.84. The second-order valence-electron chi connectivity index (χ2n) is 8.02. The predicted octanol–water partition coefficient (Wildman–Crippen LogP) is 6.08. The maximum absolute atomic E-state index is 13.0. The Hall–Kier alpha value is -1.79. The minimum atomic E-state index is -0.336. The van der Waals surface area contributed by atoms with Gasteiger partial charge in [0, 0.05) is 10.1 Å². The first-order valence-corrected chi connectivity index (χ1v) is 12.7. The maximum atomic E-state index is 13.0. The highest BCUT2D eigenvalue weighted by Crippen LogP contribution is 2.45. The molecule has 2 aromatic rings. The number of thiophene rings is 1. The fourth-order valence-electron chi connectivity index (χ4n) is 4.41. The highest BCUT2D eigenvalue weighted by atomic mass is 32.2. The van der Waals surface area contributed by atoms with Gasteiger partial charge in [-0.3, -0.25) is 4.79 Å². The van der Waals surface area contributed by atoms with E-state index in [1.165, 1.54) is 54.6 Å². The van der Waals surface area contributed by atoms with Gasteiger partial charge in [-0.05, 0) is 56.2 Å². The number of rotatable bonds is 6. The lowest BCUT2D eigenvalue weighted by atomic mass is 9.89. The van der Waals surface area contributed by atoms with E-state index >= 15 is 0 Å². The summed E-state index contributed by atoms with van der Waals surface area (Å²) in [6, 6.07) is 8.32. The van der Waals surface area contributed by atoms with Crippen molar-refractivity contribution < 1.29 is 14.3 Å². The molecule has 0 radical (unpaired) electrons. The van der Waals surface area contributed by atoms with Gasteiger partial charge < -0.3 is 10.1 Å². The van der Waals surface area contributed by atoms with Gasteiger partial charge in [0.1, 0.15) is 5.00 Å². The predicted molar refractivity (Wildman–Crippen MR) is 126 cm³/mol. The lowest BCUT2D eigenvalue weighted by molar-refractivity contribution is -0.115. The third-order valence-electron chi connectivity index (χ3n) is 5.95.